The second-order valence-corrected chi connectivity index (χ2v) is 4.08. The van der Waals surface area contributed by atoms with Gasteiger partial charge in [-0.25, -0.2) is 0 Å². The quantitative estimate of drug-likeness (QED) is 0.743. The van der Waals surface area contributed by atoms with E-state index in [4.69, 9.17) is 16.3 Å². The van der Waals surface area contributed by atoms with Crippen LogP contribution in [0.25, 0.3) is 0 Å². The van der Waals surface area contributed by atoms with Gasteiger partial charge >= 0.3 is 0 Å². The highest BCUT2D eigenvalue weighted by molar-refractivity contribution is 6.31. The highest BCUT2D eigenvalue weighted by atomic mass is 35.5. The molecule has 1 aromatic rings. The predicted molar refractivity (Wildman–Crippen MR) is 62.8 cm³/mol. The van der Waals surface area contributed by atoms with E-state index in [-0.39, 0.29) is 0 Å². The van der Waals surface area contributed by atoms with Gasteiger partial charge in [-0.1, -0.05) is 11.6 Å². The third kappa shape index (κ3) is 2.76. The van der Waals surface area contributed by atoms with E-state index < -0.39 is 5.60 Å². The molecule has 1 rings (SSSR count). The maximum atomic E-state index is 5.90. The zero-order valence-electron chi connectivity index (χ0n) is 9.41. The molecule has 4 heteroatoms. The maximum absolute atomic E-state index is 5.90. The van der Waals surface area contributed by atoms with E-state index in [0.29, 0.717) is 5.02 Å². The number of methoxy groups -OCH3 is 1. The molecule has 0 saturated heterocycles. The van der Waals surface area contributed by atoms with Crippen LogP contribution in [0.2, 0.25) is 5.02 Å². The molecule has 15 heavy (non-hydrogen) atoms. The van der Waals surface area contributed by atoms with Gasteiger partial charge in [0.1, 0.15) is 5.60 Å². The standard InChI is InChI=1S/C11H15ClN2O/c1-11(2,15-4)10(13-3)9-7-8(12)5-6-14-9/h5-7H,1-4H3. The minimum Gasteiger partial charge on any atom is -0.372 e. The molecule has 0 aliphatic carbocycles. The molecule has 0 radical (unpaired) electrons. The fourth-order valence-electron chi connectivity index (χ4n) is 1.32. The molecule has 3 nitrogen and oxygen atoms in total. The van der Waals surface area contributed by atoms with E-state index >= 15 is 0 Å². The summed E-state index contributed by atoms with van der Waals surface area (Å²) in [6.45, 7) is 3.88. The first kappa shape index (κ1) is 12.1. The largest absolute Gasteiger partial charge is 0.372 e. The first-order valence-electron chi connectivity index (χ1n) is 4.65. The Morgan fingerprint density at radius 2 is 2.20 bits per heavy atom. The Kier molecular flexibility index (Phi) is 3.83. The van der Waals surface area contributed by atoms with E-state index in [1.165, 1.54) is 0 Å². The Hall–Kier alpha value is -0.930. The molecule has 0 aliphatic rings. The minimum atomic E-state index is -0.466. The van der Waals surface area contributed by atoms with Crippen molar-refractivity contribution in [3.8, 4) is 0 Å². The van der Waals surface area contributed by atoms with E-state index in [1.54, 1.807) is 32.5 Å². The number of ether oxygens (including phenoxy) is 1. The van der Waals surface area contributed by atoms with Crippen LogP contribution in [0.4, 0.5) is 0 Å². The molecule has 0 aromatic carbocycles. The van der Waals surface area contributed by atoms with Crippen molar-refractivity contribution in [2.75, 3.05) is 14.2 Å². The fraction of sp³-hybridized carbons (Fsp3) is 0.455. The van der Waals surface area contributed by atoms with Gasteiger partial charge in [0.05, 0.1) is 11.4 Å². The summed E-state index contributed by atoms with van der Waals surface area (Å²) in [5.41, 5.74) is 1.07. The molecule has 82 valence electrons. The van der Waals surface area contributed by atoms with Crippen LogP contribution in [0.3, 0.4) is 0 Å². The fourth-order valence-corrected chi connectivity index (χ4v) is 1.48. The Bertz CT molecular complexity index is 375. The van der Waals surface area contributed by atoms with Crippen LogP contribution in [-0.4, -0.2) is 30.5 Å². The summed E-state index contributed by atoms with van der Waals surface area (Å²) < 4.78 is 5.37. The summed E-state index contributed by atoms with van der Waals surface area (Å²) in [6, 6.07) is 3.52. The molecule has 0 N–H and O–H groups in total. The highest BCUT2D eigenvalue weighted by Gasteiger charge is 2.26. The van der Waals surface area contributed by atoms with E-state index in [1.807, 2.05) is 13.8 Å². The summed E-state index contributed by atoms with van der Waals surface area (Å²) >= 11 is 5.90. The van der Waals surface area contributed by atoms with Crippen molar-refractivity contribution < 1.29 is 4.74 Å². The molecular formula is C11H15ClN2O. The SMILES string of the molecule is CN=C(c1cc(Cl)ccn1)C(C)(C)OC. The van der Waals surface area contributed by atoms with Crippen LogP contribution < -0.4 is 0 Å². The van der Waals surface area contributed by atoms with Gasteiger partial charge in [-0.05, 0) is 26.0 Å². The Morgan fingerprint density at radius 3 is 2.67 bits per heavy atom. The molecule has 0 unspecified atom stereocenters. The molecule has 0 fully saturated rings. The number of aromatic nitrogens is 1. The summed E-state index contributed by atoms with van der Waals surface area (Å²) in [5, 5.41) is 0.646. The lowest BCUT2D eigenvalue weighted by Crippen LogP contribution is -2.35. The average Bonchev–Trinajstić information content (AvgIpc) is 2.18. The molecule has 0 spiro atoms. The Balaban J connectivity index is 3.15. The van der Waals surface area contributed by atoms with Crippen LogP contribution in [-0.2, 0) is 4.74 Å². The Morgan fingerprint density at radius 1 is 1.53 bits per heavy atom. The molecule has 1 aromatic heterocycles. The summed E-state index contributed by atoms with van der Waals surface area (Å²) in [7, 11) is 3.37. The number of nitrogens with zero attached hydrogens (tertiary/aromatic N) is 2. The van der Waals surface area contributed by atoms with Crippen LogP contribution in [0.1, 0.15) is 19.5 Å². The van der Waals surface area contributed by atoms with Gasteiger partial charge in [-0.2, -0.15) is 0 Å². The summed E-state index contributed by atoms with van der Waals surface area (Å²) in [6.07, 6.45) is 1.66. The van der Waals surface area contributed by atoms with Crippen molar-refractivity contribution in [1.82, 2.24) is 4.98 Å². The first-order chi connectivity index (χ1) is 7.01. The lowest BCUT2D eigenvalue weighted by atomic mass is 9.99. The number of pyridine rings is 1. The Labute approximate surface area is 95.2 Å². The van der Waals surface area contributed by atoms with Crippen molar-refractivity contribution in [3.63, 3.8) is 0 Å². The molecule has 0 aliphatic heterocycles. The number of hydrogen-bond acceptors (Lipinski definition) is 3. The van der Waals surface area contributed by atoms with Crippen molar-refractivity contribution in [1.29, 1.82) is 0 Å². The summed E-state index contributed by atoms with van der Waals surface area (Å²) in [5.74, 6) is 0. The van der Waals surface area contributed by atoms with Crippen molar-refractivity contribution >= 4 is 17.3 Å². The van der Waals surface area contributed by atoms with Gasteiger partial charge in [-0.3, -0.25) is 9.98 Å². The van der Waals surface area contributed by atoms with Gasteiger partial charge in [0.2, 0.25) is 0 Å². The van der Waals surface area contributed by atoms with Gasteiger partial charge in [0.25, 0.3) is 0 Å². The van der Waals surface area contributed by atoms with Crippen LogP contribution in [0.15, 0.2) is 23.3 Å². The van der Waals surface area contributed by atoms with E-state index in [0.717, 1.165) is 11.4 Å². The zero-order valence-corrected chi connectivity index (χ0v) is 10.2. The third-order valence-corrected chi connectivity index (χ3v) is 2.50. The second-order valence-electron chi connectivity index (χ2n) is 3.65. The van der Waals surface area contributed by atoms with Gasteiger partial charge < -0.3 is 4.74 Å². The topological polar surface area (TPSA) is 34.5 Å². The monoisotopic (exact) mass is 226 g/mol. The van der Waals surface area contributed by atoms with E-state index in [9.17, 15) is 0 Å². The zero-order chi connectivity index (χ0) is 11.5. The van der Waals surface area contributed by atoms with Crippen LogP contribution in [0.5, 0.6) is 0 Å². The van der Waals surface area contributed by atoms with Crippen molar-refractivity contribution in [3.05, 3.63) is 29.0 Å². The minimum absolute atomic E-state index is 0.466. The molecule has 0 saturated carbocycles. The second kappa shape index (κ2) is 4.73. The lowest BCUT2D eigenvalue weighted by Gasteiger charge is -2.24. The summed E-state index contributed by atoms with van der Waals surface area (Å²) in [4.78, 5) is 8.44. The molecule has 0 amide bonds. The maximum Gasteiger partial charge on any atom is 0.106 e. The average molecular weight is 227 g/mol. The lowest BCUT2D eigenvalue weighted by molar-refractivity contribution is 0.0831. The smallest absolute Gasteiger partial charge is 0.106 e. The van der Waals surface area contributed by atoms with Gasteiger partial charge in [0, 0.05) is 25.4 Å². The third-order valence-electron chi connectivity index (χ3n) is 2.27. The number of rotatable bonds is 3. The molecule has 0 bridgehead atoms. The first-order valence-corrected chi connectivity index (χ1v) is 5.03. The van der Waals surface area contributed by atoms with Crippen LogP contribution >= 0.6 is 11.6 Å². The number of halogens is 1. The molecule has 1 heterocycles. The normalized spacial score (nSPS) is 13.0. The molecule has 0 atom stereocenters. The number of aliphatic imine (C=N–C) groups is 1. The predicted octanol–water partition coefficient (Wildman–Crippen LogP) is 2.58. The van der Waals surface area contributed by atoms with Crippen molar-refractivity contribution in [2.45, 2.75) is 19.4 Å². The van der Waals surface area contributed by atoms with Crippen molar-refractivity contribution in [2.24, 2.45) is 4.99 Å². The van der Waals surface area contributed by atoms with E-state index in [2.05, 4.69) is 9.98 Å². The van der Waals surface area contributed by atoms with Gasteiger partial charge in [-0.15, -0.1) is 0 Å². The van der Waals surface area contributed by atoms with Crippen LogP contribution in [0, 0.1) is 0 Å². The number of hydrogen-bond donors (Lipinski definition) is 0. The molecular weight excluding hydrogens is 212 g/mol. The van der Waals surface area contributed by atoms with Gasteiger partial charge in [0.15, 0.2) is 0 Å². The highest BCUT2D eigenvalue weighted by Crippen LogP contribution is 2.18.